The van der Waals surface area contributed by atoms with Crippen molar-refractivity contribution in [2.45, 2.75) is 25.7 Å². The van der Waals surface area contributed by atoms with Crippen LogP contribution in [-0.4, -0.2) is 39.2 Å². The third kappa shape index (κ3) is 5.17. The van der Waals surface area contributed by atoms with Crippen LogP contribution in [0.2, 0.25) is 0 Å². The van der Waals surface area contributed by atoms with E-state index in [4.69, 9.17) is 10.7 Å². The van der Waals surface area contributed by atoms with Crippen molar-refractivity contribution in [1.29, 1.82) is 0 Å². The molecule has 0 radical (unpaired) electrons. The molecule has 1 rings (SSSR count). The fourth-order valence-corrected chi connectivity index (χ4v) is 2.79. The van der Waals surface area contributed by atoms with Crippen LogP contribution in [0.25, 0.3) is 0 Å². The minimum absolute atomic E-state index is 0.128. The molecule has 1 aliphatic rings. The second-order valence-corrected chi connectivity index (χ2v) is 7.03. The predicted molar refractivity (Wildman–Crippen MR) is 59.1 cm³/mol. The Morgan fingerprint density at radius 1 is 1.36 bits per heavy atom. The van der Waals surface area contributed by atoms with Crippen LogP contribution in [-0.2, 0) is 9.05 Å². The quantitative estimate of drug-likeness (QED) is 0.704. The zero-order chi connectivity index (χ0) is 10.6. The molecule has 5 heteroatoms. The highest BCUT2D eigenvalue weighted by Gasteiger charge is 2.17. The number of nitrogens with zero attached hydrogens (tertiary/aromatic N) is 1. The van der Waals surface area contributed by atoms with Crippen LogP contribution in [0.5, 0.6) is 0 Å². The molecule has 0 amide bonds. The van der Waals surface area contributed by atoms with E-state index in [-0.39, 0.29) is 5.75 Å². The van der Waals surface area contributed by atoms with Crippen molar-refractivity contribution < 1.29 is 8.42 Å². The van der Waals surface area contributed by atoms with Gasteiger partial charge in [0.05, 0.1) is 5.75 Å². The van der Waals surface area contributed by atoms with Crippen LogP contribution in [0.3, 0.4) is 0 Å². The van der Waals surface area contributed by atoms with E-state index in [1.807, 2.05) is 0 Å². The summed E-state index contributed by atoms with van der Waals surface area (Å²) >= 11 is 0. The third-order valence-corrected chi connectivity index (χ3v) is 4.03. The SMILES string of the molecule is CN1CCCC(CCS(=O)(=O)Cl)CC1. The fraction of sp³-hybridized carbons (Fsp3) is 1.00. The Bertz CT molecular complexity index is 266. The predicted octanol–water partition coefficient (Wildman–Crippen LogP) is 1.68. The van der Waals surface area contributed by atoms with E-state index < -0.39 is 9.05 Å². The van der Waals surface area contributed by atoms with Gasteiger partial charge in [0.2, 0.25) is 9.05 Å². The van der Waals surface area contributed by atoms with Crippen molar-refractivity contribution >= 4 is 19.7 Å². The number of hydrogen-bond donors (Lipinski definition) is 0. The Balaban J connectivity index is 2.31. The van der Waals surface area contributed by atoms with Gasteiger partial charge in [-0.2, -0.15) is 0 Å². The van der Waals surface area contributed by atoms with Crippen LogP contribution in [0, 0.1) is 5.92 Å². The van der Waals surface area contributed by atoms with E-state index in [1.54, 1.807) is 0 Å². The van der Waals surface area contributed by atoms with E-state index in [0.717, 1.165) is 32.4 Å². The molecule has 0 aromatic heterocycles. The minimum Gasteiger partial charge on any atom is -0.306 e. The van der Waals surface area contributed by atoms with E-state index in [2.05, 4.69) is 11.9 Å². The summed E-state index contributed by atoms with van der Waals surface area (Å²) in [6.45, 7) is 2.21. The van der Waals surface area contributed by atoms with Crippen molar-refractivity contribution in [2.75, 3.05) is 25.9 Å². The summed E-state index contributed by atoms with van der Waals surface area (Å²) in [6.07, 6.45) is 4.13. The molecule has 0 bridgehead atoms. The van der Waals surface area contributed by atoms with Crippen molar-refractivity contribution in [3.63, 3.8) is 0 Å². The Kier molecular flexibility index (Phi) is 4.67. The van der Waals surface area contributed by atoms with Gasteiger partial charge in [-0.05, 0) is 51.7 Å². The lowest BCUT2D eigenvalue weighted by molar-refractivity contribution is 0.340. The normalized spacial score (nSPS) is 26.0. The molecule has 1 unspecified atom stereocenters. The minimum atomic E-state index is -3.29. The lowest BCUT2D eigenvalue weighted by Gasteiger charge is -2.13. The zero-order valence-electron chi connectivity index (χ0n) is 8.58. The summed E-state index contributed by atoms with van der Waals surface area (Å²) < 4.78 is 21.6. The van der Waals surface area contributed by atoms with Gasteiger partial charge in [0.15, 0.2) is 0 Å². The Hall–Kier alpha value is 0.200. The summed E-state index contributed by atoms with van der Waals surface area (Å²) in [5.41, 5.74) is 0. The largest absolute Gasteiger partial charge is 0.306 e. The van der Waals surface area contributed by atoms with E-state index in [1.165, 1.54) is 6.42 Å². The Morgan fingerprint density at radius 2 is 2.07 bits per heavy atom. The van der Waals surface area contributed by atoms with Crippen LogP contribution in [0.1, 0.15) is 25.7 Å². The van der Waals surface area contributed by atoms with Gasteiger partial charge in [0.25, 0.3) is 0 Å². The van der Waals surface area contributed by atoms with Gasteiger partial charge in [0.1, 0.15) is 0 Å². The zero-order valence-corrected chi connectivity index (χ0v) is 10.1. The second-order valence-electron chi connectivity index (χ2n) is 4.13. The van der Waals surface area contributed by atoms with Crippen LogP contribution in [0.15, 0.2) is 0 Å². The van der Waals surface area contributed by atoms with E-state index in [0.29, 0.717) is 5.92 Å². The monoisotopic (exact) mass is 239 g/mol. The molecule has 0 aliphatic carbocycles. The highest BCUT2D eigenvalue weighted by atomic mass is 35.7. The summed E-state index contributed by atoms with van der Waals surface area (Å²) in [4.78, 5) is 2.30. The standard InChI is InChI=1S/C9H18ClNO2S/c1-11-6-2-3-9(4-7-11)5-8-14(10,12)13/h9H,2-8H2,1H3. The molecule has 0 aromatic rings. The molecule has 0 saturated carbocycles. The molecular weight excluding hydrogens is 222 g/mol. The molecule has 3 nitrogen and oxygen atoms in total. The number of rotatable bonds is 3. The third-order valence-electron chi connectivity index (χ3n) is 2.84. The Morgan fingerprint density at radius 3 is 2.71 bits per heavy atom. The molecule has 1 heterocycles. The average molecular weight is 240 g/mol. The molecule has 0 spiro atoms. The van der Waals surface area contributed by atoms with Crippen LogP contribution >= 0.6 is 10.7 Å². The summed E-state index contributed by atoms with van der Waals surface area (Å²) in [5, 5.41) is 0. The van der Waals surface area contributed by atoms with Gasteiger partial charge in [-0.25, -0.2) is 8.42 Å². The maximum atomic E-state index is 10.8. The number of hydrogen-bond acceptors (Lipinski definition) is 3. The summed E-state index contributed by atoms with van der Waals surface area (Å²) in [6, 6.07) is 0. The number of likely N-dealkylation sites (tertiary alicyclic amines) is 1. The Labute approximate surface area is 90.8 Å². The lowest BCUT2D eigenvalue weighted by atomic mass is 9.98. The molecule has 1 atom stereocenters. The molecular formula is C9H18ClNO2S. The van der Waals surface area contributed by atoms with Gasteiger partial charge >= 0.3 is 0 Å². The van der Waals surface area contributed by atoms with Crippen molar-refractivity contribution in [3.05, 3.63) is 0 Å². The van der Waals surface area contributed by atoms with Gasteiger partial charge in [-0.15, -0.1) is 0 Å². The van der Waals surface area contributed by atoms with Crippen molar-refractivity contribution in [1.82, 2.24) is 4.90 Å². The molecule has 84 valence electrons. The first-order chi connectivity index (χ1) is 6.47. The lowest BCUT2D eigenvalue weighted by Crippen LogP contribution is -2.19. The second kappa shape index (κ2) is 5.33. The first-order valence-electron chi connectivity index (χ1n) is 5.08. The highest BCUT2D eigenvalue weighted by Crippen LogP contribution is 2.21. The van der Waals surface area contributed by atoms with E-state index >= 15 is 0 Å². The fourth-order valence-electron chi connectivity index (χ4n) is 1.91. The van der Waals surface area contributed by atoms with Crippen LogP contribution in [0.4, 0.5) is 0 Å². The van der Waals surface area contributed by atoms with E-state index in [9.17, 15) is 8.42 Å². The summed E-state index contributed by atoms with van der Waals surface area (Å²) in [7, 11) is 4.01. The summed E-state index contributed by atoms with van der Waals surface area (Å²) in [5.74, 6) is 0.664. The molecule has 0 N–H and O–H groups in total. The molecule has 1 fully saturated rings. The maximum Gasteiger partial charge on any atom is 0.232 e. The molecule has 1 aliphatic heterocycles. The maximum absolute atomic E-state index is 10.8. The van der Waals surface area contributed by atoms with Crippen molar-refractivity contribution in [3.8, 4) is 0 Å². The smallest absolute Gasteiger partial charge is 0.232 e. The number of halogens is 1. The molecule has 1 saturated heterocycles. The first-order valence-corrected chi connectivity index (χ1v) is 7.56. The van der Waals surface area contributed by atoms with Crippen LogP contribution < -0.4 is 0 Å². The van der Waals surface area contributed by atoms with Gasteiger partial charge in [-0.1, -0.05) is 0 Å². The first kappa shape index (κ1) is 12.3. The molecule has 0 aromatic carbocycles. The van der Waals surface area contributed by atoms with Gasteiger partial charge < -0.3 is 4.90 Å². The highest BCUT2D eigenvalue weighted by molar-refractivity contribution is 8.13. The average Bonchev–Trinajstić information content (AvgIpc) is 2.25. The topological polar surface area (TPSA) is 37.4 Å². The van der Waals surface area contributed by atoms with Crippen molar-refractivity contribution in [2.24, 2.45) is 5.92 Å². The molecule has 14 heavy (non-hydrogen) atoms. The van der Waals surface area contributed by atoms with Gasteiger partial charge in [0, 0.05) is 10.7 Å². The van der Waals surface area contributed by atoms with Gasteiger partial charge in [-0.3, -0.25) is 0 Å².